The second kappa shape index (κ2) is 11.8. The summed E-state index contributed by atoms with van der Waals surface area (Å²) in [4.78, 5) is 37.0. The highest BCUT2D eigenvalue weighted by Crippen LogP contribution is 2.38. The normalized spacial score (nSPS) is 14.4. The molecule has 1 fully saturated rings. The number of aromatic nitrogens is 2. The molecule has 2 aromatic carbocycles. The Kier molecular flexibility index (Phi) is 8.02. The second-order valence-electron chi connectivity index (χ2n) is 9.94. The van der Waals surface area contributed by atoms with Crippen LogP contribution in [0.5, 0.6) is 0 Å². The number of halogens is 1. The molecule has 3 N–H and O–H groups in total. The van der Waals surface area contributed by atoms with E-state index in [1.54, 1.807) is 0 Å². The highest BCUT2D eigenvalue weighted by molar-refractivity contribution is 6.30. The van der Waals surface area contributed by atoms with Crippen LogP contribution < -0.4 is 10.2 Å². The van der Waals surface area contributed by atoms with Crippen molar-refractivity contribution in [3.8, 4) is 11.1 Å². The SMILES string of the molecule is Cc1c[nH]c2ncc(-c3ccccc3)c(N3CCN(C(=O)C(CCNC(=O)O)Cc4ccc(Cl)cc4)CC3)c12. The summed E-state index contributed by atoms with van der Waals surface area (Å²) in [5, 5.41) is 13.2. The van der Waals surface area contributed by atoms with E-state index >= 15 is 0 Å². The summed E-state index contributed by atoms with van der Waals surface area (Å²) in [6, 6.07) is 17.7. The fraction of sp³-hybridized carbons (Fsp3) is 0.300. The van der Waals surface area contributed by atoms with Gasteiger partial charge >= 0.3 is 6.09 Å². The van der Waals surface area contributed by atoms with Gasteiger partial charge in [0.15, 0.2) is 0 Å². The number of carboxylic acid groups (broad SMARTS) is 1. The summed E-state index contributed by atoms with van der Waals surface area (Å²) in [5.41, 5.74) is 6.31. The van der Waals surface area contributed by atoms with Gasteiger partial charge in [-0.25, -0.2) is 9.78 Å². The number of pyridine rings is 1. The topological polar surface area (TPSA) is 102 Å². The lowest BCUT2D eigenvalue weighted by Crippen LogP contribution is -2.51. The largest absolute Gasteiger partial charge is 0.465 e. The second-order valence-corrected chi connectivity index (χ2v) is 10.4. The highest BCUT2D eigenvalue weighted by Gasteiger charge is 2.29. The molecule has 0 spiro atoms. The molecular formula is C30H32ClN5O3. The lowest BCUT2D eigenvalue weighted by Gasteiger charge is -2.38. The van der Waals surface area contributed by atoms with Crippen LogP contribution in [0.3, 0.4) is 0 Å². The smallest absolute Gasteiger partial charge is 0.404 e. The molecule has 4 aromatic rings. The molecule has 39 heavy (non-hydrogen) atoms. The molecule has 1 atom stereocenters. The average Bonchev–Trinajstić information content (AvgIpc) is 3.34. The first-order valence-electron chi connectivity index (χ1n) is 13.2. The van der Waals surface area contributed by atoms with Crippen LogP contribution in [0.25, 0.3) is 22.2 Å². The van der Waals surface area contributed by atoms with E-state index < -0.39 is 6.09 Å². The molecule has 2 aromatic heterocycles. The van der Waals surface area contributed by atoms with E-state index in [0.29, 0.717) is 44.0 Å². The quantitative estimate of drug-likeness (QED) is 0.277. The first kappa shape index (κ1) is 26.6. The van der Waals surface area contributed by atoms with Crippen LogP contribution in [-0.4, -0.2) is 64.7 Å². The molecule has 1 saturated heterocycles. The van der Waals surface area contributed by atoms with Gasteiger partial charge in [-0.05, 0) is 48.6 Å². The Morgan fingerprint density at radius 2 is 1.79 bits per heavy atom. The Morgan fingerprint density at radius 3 is 2.49 bits per heavy atom. The average molecular weight is 546 g/mol. The standard InChI is InChI=1S/C30H32ClN5O3/c1-20-18-33-28-26(20)27(25(19-34-28)22-5-3-2-4-6-22)35-13-15-36(16-14-35)29(37)23(11-12-32-30(38)39)17-21-7-9-24(31)10-8-21/h2-10,18-19,23,32H,11-17H2,1H3,(H,33,34)(H,38,39). The lowest BCUT2D eigenvalue weighted by atomic mass is 9.94. The number of carbonyl (C=O) groups excluding carboxylic acids is 1. The van der Waals surface area contributed by atoms with Crippen LogP contribution in [0, 0.1) is 12.8 Å². The molecule has 9 heteroatoms. The zero-order valence-corrected chi connectivity index (χ0v) is 22.6. The molecule has 202 valence electrons. The third-order valence-electron chi connectivity index (χ3n) is 7.38. The van der Waals surface area contributed by atoms with Crippen molar-refractivity contribution in [2.75, 3.05) is 37.6 Å². The number of anilines is 1. The van der Waals surface area contributed by atoms with Crippen molar-refractivity contribution in [2.45, 2.75) is 19.8 Å². The zero-order valence-electron chi connectivity index (χ0n) is 21.9. The molecule has 5 rings (SSSR count). The van der Waals surface area contributed by atoms with E-state index in [-0.39, 0.29) is 18.4 Å². The van der Waals surface area contributed by atoms with Crippen molar-refractivity contribution in [1.82, 2.24) is 20.2 Å². The van der Waals surface area contributed by atoms with Gasteiger partial charge in [-0.2, -0.15) is 0 Å². The number of piperazine rings is 1. The van der Waals surface area contributed by atoms with E-state index in [9.17, 15) is 9.59 Å². The highest BCUT2D eigenvalue weighted by atomic mass is 35.5. The number of carbonyl (C=O) groups is 2. The maximum absolute atomic E-state index is 13.7. The van der Waals surface area contributed by atoms with Crippen molar-refractivity contribution in [3.63, 3.8) is 0 Å². The molecule has 8 nitrogen and oxygen atoms in total. The van der Waals surface area contributed by atoms with Crippen LogP contribution in [-0.2, 0) is 11.2 Å². The van der Waals surface area contributed by atoms with Gasteiger partial charge in [0.1, 0.15) is 5.65 Å². The van der Waals surface area contributed by atoms with E-state index in [1.165, 1.54) is 0 Å². The summed E-state index contributed by atoms with van der Waals surface area (Å²) in [6.07, 6.45) is 3.79. The molecule has 2 amide bonds. The number of H-pyrrole nitrogens is 1. The molecule has 0 radical (unpaired) electrons. The fourth-order valence-corrected chi connectivity index (χ4v) is 5.50. The van der Waals surface area contributed by atoms with Gasteiger partial charge in [0.05, 0.1) is 5.69 Å². The van der Waals surface area contributed by atoms with E-state index in [1.807, 2.05) is 59.8 Å². The Bertz CT molecular complexity index is 1450. The summed E-state index contributed by atoms with van der Waals surface area (Å²) in [5.74, 6) is -0.276. The van der Waals surface area contributed by atoms with Gasteiger partial charge < -0.3 is 25.2 Å². The maximum Gasteiger partial charge on any atom is 0.404 e. The van der Waals surface area contributed by atoms with Crippen LogP contribution in [0.2, 0.25) is 5.02 Å². The van der Waals surface area contributed by atoms with E-state index in [4.69, 9.17) is 16.7 Å². The number of rotatable bonds is 8. The fourth-order valence-electron chi connectivity index (χ4n) is 5.37. The Labute approximate surface area is 232 Å². The van der Waals surface area contributed by atoms with Crippen molar-refractivity contribution in [3.05, 3.63) is 83.1 Å². The molecule has 1 unspecified atom stereocenters. The summed E-state index contributed by atoms with van der Waals surface area (Å²) in [6.45, 7) is 4.87. The summed E-state index contributed by atoms with van der Waals surface area (Å²) in [7, 11) is 0. The third-order valence-corrected chi connectivity index (χ3v) is 7.63. The number of fused-ring (bicyclic) bond motifs is 1. The molecular weight excluding hydrogens is 514 g/mol. The van der Waals surface area contributed by atoms with Crippen LogP contribution in [0.15, 0.2) is 67.0 Å². The van der Waals surface area contributed by atoms with Crippen molar-refractivity contribution in [2.24, 2.45) is 5.92 Å². The first-order valence-corrected chi connectivity index (χ1v) is 13.6. The van der Waals surface area contributed by atoms with Gasteiger partial charge in [0.2, 0.25) is 5.91 Å². The van der Waals surface area contributed by atoms with Crippen molar-refractivity contribution >= 4 is 40.3 Å². The number of hydrogen-bond donors (Lipinski definition) is 3. The molecule has 0 bridgehead atoms. The first-order chi connectivity index (χ1) is 18.9. The summed E-state index contributed by atoms with van der Waals surface area (Å²) >= 11 is 6.04. The zero-order chi connectivity index (χ0) is 27.4. The third kappa shape index (κ3) is 6.01. The molecule has 3 heterocycles. The predicted octanol–water partition coefficient (Wildman–Crippen LogP) is 5.36. The van der Waals surface area contributed by atoms with E-state index in [0.717, 1.165) is 39.0 Å². The number of aromatic amines is 1. The van der Waals surface area contributed by atoms with Gasteiger partial charge in [-0.3, -0.25) is 4.79 Å². The Hall–Kier alpha value is -4.04. The Morgan fingerprint density at radius 1 is 1.08 bits per heavy atom. The number of benzene rings is 2. The van der Waals surface area contributed by atoms with Crippen LogP contribution in [0.4, 0.5) is 10.5 Å². The van der Waals surface area contributed by atoms with Crippen LogP contribution in [0.1, 0.15) is 17.5 Å². The number of nitrogens with zero attached hydrogens (tertiary/aromatic N) is 3. The van der Waals surface area contributed by atoms with Crippen LogP contribution >= 0.6 is 11.6 Å². The maximum atomic E-state index is 13.7. The number of amides is 2. The van der Waals surface area contributed by atoms with Gasteiger partial charge in [-0.15, -0.1) is 0 Å². The summed E-state index contributed by atoms with van der Waals surface area (Å²) < 4.78 is 0. The minimum Gasteiger partial charge on any atom is -0.465 e. The van der Waals surface area contributed by atoms with Crippen molar-refractivity contribution < 1.29 is 14.7 Å². The lowest BCUT2D eigenvalue weighted by molar-refractivity contribution is -0.136. The van der Waals surface area contributed by atoms with Gasteiger partial charge in [0, 0.05) is 67.0 Å². The number of nitrogens with one attached hydrogen (secondary N) is 2. The van der Waals surface area contributed by atoms with Gasteiger partial charge in [-0.1, -0.05) is 54.1 Å². The van der Waals surface area contributed by atoms with Crippen molar-refractivity contribution in [1.29, 1.82) is 0 Å². The molecule has 0 saturated carbocycles. The predicted molar refractivity (Wildman–Crippen MR) is 154 cm³/mol. The van der Waals surface area contributed by atoms with E-state index in [2.05, 4.69) is 39.2 Å². The molecule has 1 aliphatic heterocycles. The Balaban J connectivity index is 1.35. The molecule has 1 aliphatic rings. The monoisotopic (exact) mass is 545 g/mol. The minimum absolute atomic E-state index is 0.0535. The minimum atomic E-state index is -1.08. The molecule has 0 aliphatic carbocycles. The number of aryl methyl sites for hydroxylation is 1. The van der Waals surface area contributed by atoms with Gasteiger partial charge in [0.25, 0.3) is 0 Å². The number of hydrogen-bond acceptors (Lipinski definition) is 4.